The summed E-state index contributed by atoms with van der Waals surface area (Å²) in [6, 6.07) is 0. The van der Waals surface area contributed by atoms with Crippen molar-refractivity contribution >= 4 is 6.29 Å². The van der Waals surface area contributed by atoms with Crippen LogP contribution < -0.4 is 0 Å². The number of ether oxygens (including phenoxy) is 1. The minimum absolute atomic E-state index is 0.257. The van der Waals surface area contributed by atoms with Crippen LogP contribution in [0.5, 0.6) is 0 Å². The molecule has 0 radical (unpaired) electrons. The molecule has 0 heterocycles. The first-order valence-electron chi connectivity index (χ1n) is 5.37. The summed E-state index contributed by atoms with van der Waals surface area (Å²) in [7, 11) is 1.73. The summed E-state index contributed by atoms with van der Waals surface area (Å²) in [4.78, 5) is 10.1. The third kappa shape index (κ3) is 6.84. The van der Waals surface area contributed by atoms with Crippen LogP contribution in [0.3, 0.4) is 0 Å². The summed E-state index contributed by atoms with van der Waals surface area (Å²) in [5, 5.41) is 0. The Morgan fingerprint density at radius 3 is 2.64 bits per heavy atom. The fourth-order valence-electron chi connectivity index (χ4n) is 1.63. The van der Waals surface area contributed by atoms with Crippen LogP contribution >= 0.6 is 0 Å². The van der Waals surface area contributed by atoms with E-state index < -0.39 is 0 Å². The van der Waals surface area contributed by atoms with Crippen molar-refractivity contribution in [1.82, 2.24) is 0 Å². The van der Waals surface area contributed by atoms with Crippen molar-refractivity contribution < 1.29 is 9.53 Å². The van der Waals surface area contributed by atoms with E-state index >= 15 is 0 Å². The number of hydrogen-bond donors (Lipinski definition) is 0. The molecule has 0 spiro atoms. The van der Waals surface area contributed by atoms with Crippen LogP contribution in [0.15, 0.2) is 12.2 Å². The smallest absolute Gasteiger partial charge is 0.142 e. The van der Waals surface area contributed by atoms with Crippen molar-refractivity contribution in [1.29, 1.82) is 0 Å². The number of methoxy groups -OCH3 is 1. The van der Waals surface area contributed by atoms with Crippen LogP contribution in [0.25, 0.3) is 0 Å². The van der Waals surface area contributed by atoms with Gasteiger partial charge < -0.3 is 4.74 Å². The van der Waals surface area contributed by atoms with Gasteiger partial charge in [-0.15, -0.1) is 0 Å². The molecule has 0 aliphatic carbocycles. The third-order valence-electron chi connectivity index (χ3n) is 2.39. The molecule has 0 aromatic heterocycles. The van der Waals surface area contributed by atoms with Crippen LogP contribution in [0, 0.1) is 5.92 Å². The fraction of sp³-hybridized carbons (Fsp3) is 0.750. The molecule has 0 aromatic carbocycles. The van der Waals surface area contributed by atoms with Gasteiger partial charge in [0.2, 0.25) is 0 Å². The number of aldehydes is 1. The van der Waals surface area contributed by atoms with Gasteiger partial charge in [-0.1, -0.05) is 32.8 Å². The van der Waals surface area contributed by atoms with Crippen LogP contribution in [0.1, 0.15) is 39.5 Å². The lowest BCUT2D eigenvalue weighted by atomic mass is 9.97. The molecule has 0 bridgehead atoms. The van der Waals surface area contributed by atoms with Gasteiger partial charge in [0.25, 0.3) is 0 Å². The lowest BCUT2D eigenvalue weighted by Crippen LogP contribution is -2.13. The standard InChI is InChI=1S/C12H22O2/c1-4-7-11(2)10-12(14-3)8-5-6-9-13/h5-6,9,11-12H,4,7-8,10H2,1-3H3/b6-5+. The minimum Gasteiger partial charge on any atom is -0.381 e. The third-order valence-corrected chi connectivity index (χ3v) is 2.39. The predicted octanol–water partition coefficient (Wildman–Crippen LogP) is 2.97. The van der Waals surface area contributed by atoms with Gasteiger partial charge in [-0.3, -0.25) is 4.79 Å². The van der Waals surface area contributed by atoms with Gasteiger partial charge in [-0.25, -0.2) is 0 Å². The lowest BCUT2D eigenvalue weighted by Gasteiger charge is -2.17. The molecule has 0 saturated heterocycles. The Morgan fingerprint density at radius 1 is 1.43 bits per heavy atom. The molecule has 2 heteroatoms. The SMILES string of the molecule is CCCC(C)CC(C/C=C/C=O)OC. The maximum Gasteiger partial charge on any atom is 0.142 e. The summed E-state index contributed by atoms with van der Waals surface area (Å²) >= 11 is 0. The predicted molar refractivity (Wildman–Crippen MR) is 59.3 cm³/mol. The summed E-state index contributed by atoms with van der Waals surface area (Å²) in [6.07, 6.45) is 8.86. The monoisotopic (exact) mass is 198 g/mol. The summed E-state index contributed by atoms with van der Waals surface area (Å²) in [5.41, 5.74) is 0. The van der Waals surface area contributed by atoms with E-state index in [-0.39, 0.29) is 6.10 Å². The second-order valence-corrected chi connectivity index (χ2v) is 3.79. The van der Waals surface area contributed by atoms with Crippen LogP contribution in [0.4, 0.5) is 0 Å². The number of hydrogen-bond acceptors (Lipinski definition) is 2. The largest absolute Gasteiger partial charge is 0.381 e. The molecular formula is C12H22O2. The van der Waals surface area contributed by atoms with E-state index in [1.165, 1.54) is 18.9 Å². The molecule has 82 valence electrons. The van der Waals surface area contributed by atoms with Crippen molar-refractivity contribution in [2.24, 2.45) is 5.92 Å². The molecule has 0 aromatic rings. The summed E-state index contributed by atoms with van der Waals surface area (Å²) in [6.45, 7) is 4.45. The van der Waals surface area contributed by atoms with E-state index in [0.29, 0.717) is 5.92 Å². The van der Waals surface area contributed by atoms with Crippen LogP contribution in [0.2, 0.25) is 0 Å². The maximum absolute atomic E-state index is 10.1. The van der Waals surface area contributed by atoms with Crippen molar-refractivity contribution in [2.75, 3.05) is 7.11 Å². The molecule has 14 heavy (non-hydrogen) atoms. The lowest BCUT2D eigenvalue weighted by molar-refractivity contribution is -0.104. The first-order chi connectivity index (χ1) is 6.74. The van der Waals surface area contributed by atoms with Gasteiger partial charge in [0.1, 0.15) is 6.29 Å². The zero-order chi connectivity index (χ0) is 10.8. The summed E-state index contributed by atoms with van der Waals surface area (Å²) < 4.78 is 5.35. The zero-order valence-corrected chi connectivity index (χ0v) is 9.53. The summed E-state index contributed by atoms with van der Waals surface area (Å²) in [5.74, 6) is 0.703. The maximum atomic E-state index is 10.1. The van der Waals surface area contributed by atoms with Crippen molar-refractivity contribution in [3.63, 3.8) is 0 Å². The molecule has 0 rings (SSSR count). The van der Waals surface area contributed by atoms with Crippen molar-refractivity contribution in [3.8, 4) is 0 Å². The second kappa shape index (κ2) is 8.95. The van der Waals surface area contributed by atoms with Gasteiger partial charge >= 0.3 is 0 Å². The minimum atomic E-state index is 0.257. The van der Waals surface area contributed by atoms with Gasteiger partial charge in [0.15, 0.2) is 0 Å². The van der Waals surface area contributed by atoms with E-state index in [1.54, 1.807) is 7.11 Å². The van der Waals surface area contributed by atoms with Gasteiger partial charge in [0.05, 0.1) is 6.10 Å². The van der Waals surface area contributed by atoms with Gasteiger partial charge in [0, 0.05) is 7.11 Å². The molecule has 2 nitrogen and oxygen atoms in total. The van der Waals surface area contributed by atoms with E-state index in [1.807, 2.05) is 6.08 Å². The Morgan fingerprint density at radius 2 is 2.14 bits per heavy atom. The van der Waals surface area contributed by atoms with E-state index in [2.05, 4.69) is 13.8 Å². The molecule has 0 saturated carbocycles. The number of carbonyl (C=O) groups is 1. The Kier molecular flexibility index (Phi) is 8.54. The second-order valence-electron chi connectivity index (χ2n) is 3.79. The highest BCUT2D eigenvalue weighted by Crippen LogP contribution is 2.16. The molecule has 0 aliphatic rings. The van der Waals surface area contributed by atoms with Crippen molar-refractivity contribution in [2.45, 2.75) is 45.6 Å². The molecule has 2 atom stereocenters. The number of rotatable bonds is 8. The Hall–Kier alpha value is -0.630. The van der Waals surface area contributed by atoms with E-state index in [4.69, 9.17) is 4.74 Å². The highest BCUT2D eigenvalue weighted by molar-refractivity contribution is 5.64. The van der Waals surface area contributed by atoms with Crippen LogP contribution in [-0.4, -0.2) is 19.5 Å². The molecule has 0 N–H and O–H groups in total. The Bertz CT molecular complexity index is 164. The molecule has 0 amide bonds. The molecular weight excluding hydrogens is 176 g/mol. The first kappa shape index (κ1) is 13.4. The molecule has 0 fully saturated rings. The average Bonchev–Trinajstić information content (AvgIpc) is 2.17. The Labute approximate surface area is 87.3 Å². The van der Waals surface area contributed by atoms with E-state index in [0.717, 1.165) is 19.1 Å². The highest BCUT2D eigenvalue weighted by Gasteiger charge is 2.10. The molecule has 2 unspecified atom stereocenters. The first-order valence-corrected chi connectivity index (χ1v) is 5.37. The number of allylic oxidation sites excluding steroid dienone is 1. The van der Waals surface area contributed by atoms with Gasteiger partial charge in [-0.05, 0) is 24.8 Å². The highest BCUT2D eigenvalue weighted by atomic mass is 16.5. The fourth-order valence-corrected chi connectivity index (χ4v) is 1.63. The van der Waals surface area contributed by atoms with E-state index in [9.17, 15) is 4.79 Å². The van der Waals surface area contributed by atoms with Crippen LogP contribution in [-0.2, 0) is 9.53 Å². The Balaban J connectivity index is 3.77. The zero-order valence-electron chi connectivity index (χ0n) is 9.53. The topological polar surface area (TPSA) is 26.3 Å². The normalized spacial score (nSPS) is 15.6. The average molecular weight is 198 g/mol. The van der Waals surface area contributed by atoms with Crippen molar-refractivity contribution in [3.05, 3.63) is 12.2 Å². The quantitative estimate of drug-likeness (QED) is 0.443. The van der Waals surface area contributed by atoms with Gasteiger partial charge in [-0.2, -0.15) is 0 Å². The number of carbonyl (C=O) groups excluding carboxylic acids is 1. The molecule has 0 aliphatic heterocycles.